The Balaban J connectivity index is 3.18. The lowest BCUT2D eigenvalue weighted by Gasteiger charge is -2.17. The molecule has 0 fully saturated rings. The van der Waals surface area contributed by atoms with Crippen molar-refractivity contribution in [1.29, 1.82) is 0 Å². The SMILES string of the molecule is CC(C)c1ccc(OP(C)(=O)O)c(C(C)C)c1. The highest BCUT2D eigenvalue weighted by atomic mass is 31.2. The molecule has 1 atom stereocenters. The van der Waals surface area contributed by atoms with Gasteiger partial charge in [0.25, 0.3) is 0 Å². The van der Waals surface area contributed by atoms with E-state index in [1.54, 1.807) is 6.07 Å². The zero-order valence-corrected chi connectivity index (χ0v) is 12.0. The Hall–Kier alpha value is -0.790. The molecule has 4 heteroatoms. The third kappa shape index (κ3) is 4.18. The van der Waals surface area contributed by atoms with Gasteiger partial charge in [0.2, 0.25) is 0 Å². The monoisotopic (exact) mass is 256 g/mol. The minimum absolute atomic E-state index is 0.259. The summed E-state index contributed by atoms with van der Waals surface area (Å²) in [5.41, 5.74) is 2.19. The van der Waals surface area contributed by atoms with Gasteiger partial charge in [-0.1, -0.05) is 39.8 Å². The Bertz CT molecular complexity index is 432. The third-order valence-corrected chi connectivity index (χ3v) is 3.13. The molecule has 0 amide bonds. The highest BCUT2D eigenvalue weighted by Gasteiger charge is 2.17. The second-order valence-electron chi connectivity index (χ2n) is 5.00. The van der Waals surface area contributed by atoms with E-state index >= 15 is 0 Å². The predicted octanol–water partition coefficient (Wildman–Crippen LogP) is 4.13. The van der Waals surface area contributed by atoms with E-state index in [1.807, 2.05) is 19.9 Å². The van der Waals surface area contributed by atoms with Crippen LogP contribution in [0.3, 0.4) is 0 Å². The molecule has 0 spiro atoms. The van der Waals surface area contributed by atoms with Crippen LogP contribution < -0.4 is 4.52 Å². The first kappa shape index (κ1) is 14.3. The Kier molecular flexibility index (Phi) is 4.40. The molecule has 1 rings (SSSR count). The summed E-state index contributed by atoms with van der Waals surface area (Å²) in [6.45, 7) is 9.54. The minimum Gasteiger partial charge on any atom is -0.424 e. The Morgan fingerprint density at radius 2 is 1.76 bits per heavy atom. The van der Waals surface area contributed by atoms with E-state index in [0.717, 1.165) is 5.56 Å². The van der Waals surface area contributed by atoms with Gasteiger partial charge in [-0.2, -0.15) is 0 Å². The highest BCUT2D eigenvalue weighted by molar-refractivity contribution is 7.52. The van der Waals surface area contributed by atoms with Crippen molar-refractivity contribution < 1.29 is 14.0 Å². The average Bonchev–Trinajstić information content (AvgIpc) is 2.14. The molecule has 0 bridgehead atoms. The van der Waals surface area contributed by atoms with Gasteiger partial charge in [0.15, 0.2) is 0 Å². The summed E-state index contributed by atoms with van der Waals surface area (Å²) in [6.07, 6.45) is 0. The van der Waals surface area contributed by atoms with E-state index in [4.69, 9.17) is 4.52 Å². The van der Waals surface area contributed by atoms with Gasteiger partial charge in [0.05, 0.1) is 0 Å². The number of hydrogen-bond acceptors (Lipinski definition) is 2. The highest BCUT2D eigenvalue weighted by Crippen LogP contribution is 2.42. The van der Waals surface area contributed by atoms with Crippen LogP contribution in [0.15, 0.2) is 18.2 Å². The normalized spacial score (nSPS) is 15.1. The van der Waals surface area contributed by atoms with E-state index in [-0.39, 0.29) is 5.92 Å². The standard InChI is InChI=1S/C13H21O3P/c1-9(2)11-6-7-13(16-17(5,14)15)12(8-11)10(3)4/h6-10H,1-5H3,(H,14,15). The number of hydrogen-bond donors (Lipinski definition) is 1. The first-order valence-corrected chi connectivity index (χ1v) is 7.87. The fourth-order valence-corrected chi connectivity index (χ4v) is 2.17. The maximum absolute atomic E-state index is 11.3. The fourth-order valence-electron chi connectivity index (χ4n) is 1.64. The van der Waals surface area contributed by atoms with Crippen molar-refractivity contribution >= 4 is 7.60 Å². The first-order chi connectivity index (χ1) is 7.70. The summed E-state index contributed by atoms with van der Waals surface area (Å²) in [4.78, 5) is 9.29. The fraction of sp³-hybridized carbons (Fsp3) is 0.538. The molecule has 0 aliphatic carbocycles. The van der Waals surface area contributed by atoms with Gasteiger partial charge in [-0.05, 0) is 29.0 Å². The lowest BCUT2D eigenvalue weighted by Crippen LogP contribution is -1.99. The van der Waals surface area contributed by atoms with E-state index in [2.05, 4.69) is 19.9 Å². The van der Waals surface area contributed by atoms with E-state index in [1.165, 1.54) is 12.2 Å². The van der Waals surface area contributed by atoms with Crippen LogP contribution in [0.2, 0.25) is 0 Å². The molecule has 0 saturated carbocycles. The molecule has 1 N–H and O–H groups in total. The summed E-state index contributed by atoms with van der Waals surface area (Å²) in [6, 6.07) is 5.79. The van der Waals surface area contributed by atoms with Crippen molar-refractivity contribution in [2.45, 2.75) is 39.5 Å². The molecule has 96 valence electrons. The molecule has 17 heavy (non-hydrogen) atoms. The molecule has 3 nitrogen and oxygen atoms in total. The van der Waals surface area contributed by atoms with Crippen LogP contribution >= 0.6 is 7.60 Å². The van der Waals surface area contributed by atoms with Crippen molar-refractivity contribution in [3.05, 3.63) is 29.3 Å². The zero-order valence-electron chi connectivity index (χ0n) is 11.1. The summed E-state index contributed by atoms with van der Waals surface area (Å²) in [7, 11) is -3.49. The van der Waals surface area contributed by atoms with Crippen molar-refractivity contribution in [3.8, 4) is 5.75 Å². The Morgan fingerprint density at radius 3 is 2.18 bits per heavy atom. The van der Waals surface area contributed by atoms with Crippen molar-refractivity contribution in [3.63, 3.8) is 0 Å². The molecule has 1 aromatic rings. The van der Waals surface area contributed by atoms with Crippen molar-refractivity contribution in [2.75, 3.05) is 6.66 Å². The Labute approximate surface area is 103 Å². The molecule has 0 radical (unpaired) electrons. The van der Waals surface area contributed by atoms with Crippen LogP contribution in [0, 0.1) is 0 Å². The van der Waals surface area contributed by atoms with Crippen molar-refractivity contribution in [2.24, 2.45) is 0 Å². The molecule has 1 aromatic carbocycles. The number of rotatable bonds is 4. The molecule has 0 heterocycles. The summed E-state index contributed by atoms with van der Waals surface area (Å²) in [5.74, 6) is 1.21. The van der Waals surface area contributed by atoms with Crippen molar-refractivity contribution in [1.82, 2.24) is 0 Å². The summed E-state index contributed by atoms with van der Waals surface area (Å²) in [5, 5.41) is 0. The smallest absolute Gasteiger partial charge is 0.373 e. The molecule has 0 saturated heterocycles. The van der Waals surface area contributed by atoms with Gasteiger partial charge in [-0.3, -0.25) is 0 Å². The van der Waals surface area contributed by atoms with Gasteiger partial charge < -0.3 is 9.42 Å². The first-order valence-electron chi connectivity index (χ1n) is 5.84. The molecule has 0 aromatic heterocycles. The molecular weight excluding hydrogens is 235 g/mol. The van der Waals surface area contributed by atoms with Crippen LogP contribution in [0.5, 0.6) is 5.75 Å². The second kappa shape index (κ2) is 5.24. The molecule has 1 unspecified atom stereocenters. The number of benzene rings is 1. The largest absolute Gasteiger partial charge is 0.424 e. The topological polar surface area (TPSA) is 46.5 Å². The molecule has 0 aliphatic heterocycles. The average molecular weight is 256 g/mol. The maximum Gasteiger partial charge on any atom is 0.373 e. The van der Waals surface area contributed by atoms with Gasteiger partial charge in [-0.25, -0.2) is 4.57 Å². The quantitative estimate of drug-likeness (QED) is 0.824. The zero-order chi connectivity index (χ0) is 13.2. The predicted molar refractivity (Wildman–Crippen MR) is 71.0 cm³/mol. The maximum atomic E-state index is 11.3. The third-order valence-electron chi connectivity index (χ3n) is 2.59. The van der Waals surface area contributed by atoms with Crippen LogP contribution in [0.1, 0.15) is 50.7 Å². The Morgan fingerprint density at radius 1 is 1.18 bits per heavy atom. The van der Waals surface area contributed by atoms with Gasteiger partial charge in [0.1, 0.15) is 5.75 Å². The van der Waals surface area contributed by atoms with E-state index in [0.29, 0.717) is 11.7 Å². The summed E-state index contributed by atoms with van der Waals surface area (Å²) < 4.78 is 16.5. The van der Waals surface area contributed by atoms with E-state index in [9.17, 15) is 9.46 Å². The van der Waals surface area contributed by atoms with E-state index < -0.39 is 7.60 Å². The van der Waals surface area contributed by atoms with Gasteiger partial charge in [0, 0.05) is 6.66 Å². The van der Waals surface area contributed by atoms with Crippen LogP contribution in [-0.4, -0.2) is 11.6 Å². The van der Waals surface area contributed by atoms with Gasteiger partial charge >= 0.3 is 7.60 Å². The van der Waals surface area contributed by atoms with Crippen LogP contribution in [0.4, 0.5) is 0 Å². The van der Waals surface area contributed by atoms with Crippen LogP contribution in [0.25, 0.3) is 0 Å². The lowest BCUT2D eigenvalue weighted by atomic mass is 9.95. The minimum atomic E-state index is -3.49. The van der Waals surface area contributed by atoms with Gasteiger partial charge in [-0.15, -0.1) is 0 Å². The molecule has 0 aliphatic rings. The lowest BCUT2D eigenvalue weighted by molar-refractivity contribution is 0.385. The second-order valence-corrected chi connectivity index (χ2v) is 6.79. The molecular formula is C13H21O3P. The van der Waals surface area contributed by atoms with Crippen LogP contribution in [-0.2, 0) is 4.57 Å². The summed E-state index contributed by atoms with van der Waals surface area (Å²) >= 11 is 0.